The largest absolute Gasteiger partial charge is 0.294 e. The van der Waals surface area contributed by atoms with Crippen LogP contribution in [0.25, 0.3) is 0 Å². The second-order valence-corrected chi connectivity index (χ2v) is 7.25. The fourth-order valence-electron chi connectivity index (χ4n) is 2.61. The van der Waals surface area contributed by atoms with Gasteiger partial charge in [-0.25, -0.2) is 22.2 Å². The summed E-state index contributed by atoms with van der Waals surface area (Å²) in [5.74, 6) is -2.69. The van der Waals surface area contributed by atoms with Crippen molar-refractivity contribution >= 4 is 21.6 Å². The summed E-state index contributed by atoms with van der Waals surface area (Å²) in [7, 11) is -4.05. The molecule has 1 N–H and O–H groups in total. The topological polar surface area (TPSA) is 76.1 Å². The Kier molecular flexibility index (Phi) is 4.31. The van der Waals surface area contributed by atoms with Crippen molar-refractivity contribution in [2.45, 2.75) is 25.0 Å². The van der Waals surface area contributed by atoms with Crippen molar-refractivity contribution in [3.05, 3.63) is 58.8 Å². The molecule has 0 bridgehead atoms. The summed E-state index contributed by atoms with van der Waals surface area (Å²) in [5, 5.41) is 0. The molecule has 1 aliphatic carbocycles. The van der Waals surface area contributed by atoms with Crippen molar-refractivity contribution in [1.29, 1.82) is 0 Å². The van der Waals surface area contributed by atoms with E-state index in [9.17, 15) is 22.0 Å². The highest BCUT2D eigenvalue weighted by Crippen LogP contribution is 2.22. The van der Waals surface area contributed by atoms with Crippen molar-refractivity contribution < 1.29 is 22.0 Å². The minimum absolute atomic E-state index is 0.0217. The van der Waals surface area contributed by atoms with Gasteiger partial charge in [-0.2, -0.15) is 0 Å². The number of carbonyl (C=O) groups is 1. The van der Waals surface area contributed by atoms with Crippen LogP contribution in [0.15, 0.2) is 30.3 Å². The molecular formula is C16H14F2N2O3S. The van der Waals surface area contributed by atoms with E-state index in [4.69, 9.17) is 0 Å². The lowest BCUT2D eigenvalue weighted by Crippen LogP contribution is -2.19. The van der Waals surface area contributed by atoms with Gasteiger partial charge >= 0.3 is 0 Å². The maximum Gasteiger partial charge on any atom is 0.238 e. The molecular weight excluding hydrogens is 338 g/mol. The van der Waals surface area contributed by atoms with Gasteiger partial charge < -0.3 is 0 Å². The molecule has 0 amide bonds. The molecule has 126 valence electrons. The Bertz CT molecular complexity index is 893. The molecule has 0 aliphatic heterocycles. The quantitative estimate of drug-likeness (QED) is 0.918. The molecule has 0 saturated carbocycles. The van der Waals surface area contributed by atoms with Gasteiger partial charge in [0, 0.05) is 17.5 Å². The summed E-state index contributed by atoms with van der Waals surface area (Å²) < 4.78 is 53.7. The molecule has 1 aliphatic rings. The van der Waals surface area contributed by atoms with Crippen molar-refractivity contribution in [2.24, 2.45) is 0 Å². The molecule has 0 fully saturated rings. The van der Waals surface area contributed by atoms with Crippen LogP contribution in [-0.2, 0) is 22.2 Å². The maximum atomic E-state index is 13.6. The Hall–Kier alpha value is -2.35. The van der Waals surface area contributed by atoms with Crippen molar-refractivity contribution in [3.8, 4) is 0 Å². The lowest BCUT2D eigenvalue weighted by Gasteiger charge is -2.15. The Balaban J connectivity index is 1.84. The number of halogens is 2. The minimum atomic E-state index is -4.05. The van der Waals surface area contributed by atoms with Gasteiger partial charge in [0.05, 0.1) is 5.69 Å². The highest BCUT2D eigenvalue weighted by molar-refractivity contribution is 7.91. The van der Waals surface area contributed by atoms with Gasteiger partial charge in [-0.1, -0.05) is 6.07 Å². The third-order valence-corrected chi connectivity index (χ3v) is 4.94. The minimum Gasteiger partial charge on any atom is -0.294 e. The van der Waals surface area contributed by atoms with E-state index in [-0.39, 0.29) is 11.6 Å². The summed E-state index contributed by atoms with van der Waals surface area (Å²) in [6.45, 7) is 0. The van der Waals surface area contributed by atoms with Crippen LogP contribution >= 0.6 is 0 Å². The average Bonchev–Trinajstić information content (AvgIpc) is 2.51. The van der Waals surface area contributed by atoms with Crippen LogP contribution in [0.5, 0.6) is 0 Å². The molecule has 5 nitrogen and oxygen atoms in total. The van der Waals surface area contributed by atoms with Gasteiger partial charge in [0.15, 0.2) is 5.78 Å². The molecule has 8 heteroatoms. The van der Waals surface area contributed by atoms with E-state index in [0.717, 1.165) is 18.2 Å². The fourth-order valence-corrected chi connectivity index (χ4v) is 3.77. The zero-order chi connectivity index (χ0) is 17.3. The fraction of sp³-hybridized carbons (Fsp3) is 0.250. The van der Waals surface area contributed by atoms with Crippen LogP contribution < -0.4 is 4.72 Å². The Morgan fingerprint density at radius 2 is 1.79 bits per heavy atom. The standard InChI is InChI=1S/C16H14F2N2O3S/c17-12-3-1-4-13(18)11(12)9-24(22,23)20-16-8-7-10-14(19-16)5-2-6-15(10)21/h1,3-4,7-8H,2,5-6,9H2,(H,19,20). The van der Waals surface area contributed by atoms with Crippen LogP contribution in [0.1, 0.15) is 34.5 Å². The lowest BCUT2D eigenvalue weighted by molar-refractivity contribution is 0.0971. The Morgan fingerprint density at radius 1 is 1.08 bits per heavy atom. The molecule has 3 rings (SSSR count). The molecule has 0 unspecified atom stereocenters. The zero-order valence-corrected chi connectivity index (χ0v) is 13.4. The van der Waals surface area contributed by atoms with E-state index in [0.29, 0.717) is 30.5 Å². The number of anilines is 1. The number of hydrogen-bond donors (Lipinski definition) is 1. The predicted molar refractivity (Wildman–Crippen MR) is 84.1 cm³/mol. The monoisotopic (exact) mass is 352 g/mol. The predicted octanol–water partition coefficient (Wildman–Crippen LogP) is 2.82. The lowest BCUT2D eigenvalue weighted by atomic mass is 9.95. The number of rotatable bonds is 4. The first-order chi connectivity index (χ1) is 11.4. The van der Waals surface area contributed by atoms with Crippen molar-refractivity contribution in [3.63, 3.8) is 0 Å². The van der Waals surface area contributed by atoms with Crippen LogP contribution in [0.2, 0.25) is 0 Å². The van der Waals surface area contributed by atoms with E-state index in [1.807, 2.05) is 0 Å². The van der Waals surface area contributed by atoms with Crippen LogP contribution in [0.4, 0.5) is 14.6 Å². The Labute approximate surface area is 137 Å². The number of Topliss-reactive ketones (excluding diaryl/α,β-unsaturated/α-hetero) is 1. The van der Waals surface area contributed by atoms with Gasteiger partial charge in [-0.3, -0.25) is 9.52 Å². The summed E-state index contributed by atoms with van der Waals surface area (Å²) in [4.78, 5) is 15.9. The smallest absolute Gasteiger partial charge is 0.238 e. The van der Waals surface area contributed by atoms with Gasteiger partial charge in [0.2, 0.25) is 10.0 Å². The number of aromatic nitrogens is 1. The number of nitrogens with one attached hydrogen (secondary N) is 1. The van der Waals surface area contributed by atoms with Crippen LogP contribution in [0, 0.1) is 11.6 Å². The van der Waals surface area contributed by atoms with Crippen molar-refractivity contribution in [1.82, 2.24) is 4.98 Å². The number of hydrogen-bond acceptors (Lipinski definition) is 4. The Morgan fingerprint density at radius 3 is 2.50 bits per heavy atom. The SMILES string of the molecule is O=C1CCCc2nc(NS(=O)(=O)Cc3c(F)cccc3F)ccc21. The second kappa shape index (κ2) is 6.27. The number of pyridine rings is 1. The first kappa shape index (κ1) is 16.5. The number of carbonyl (C=O) groups excluding carboxylic acids is 1. The van der Waals surface area contributed by atoms with E-state index in [1.165, 1.54) is 12.1 Å². The zero-order valence-electron chi connectivity index (χ0n) is 12.6. The first-order valence-corrected chi connectivity index (χ1v) is 8.97. The molecule has 24 heavy (non-hydrogen) atoms. The summed E-state index contributed by atoms with van der Waals surface area (Å²) in [6.07, 6.45) is 1.69. The van der Waals surface area contributed by atoms with Gasteiger partial charge in [-0.15, -0.1) is 0 Å². The van der Waals surface area contributed by atoms with E-state index >= 15 is 0 Å². The molecule has 1 aromatic heterocycles. The van der Waals surface area contributed by atoms with Gasteiger partial charge in [0.25, 0.3) is 0 Å². The van der Waals surface area contributed by atoms with E-state index in [2.05, 4.69) is 9.71 Å². The average molecular weight is 352 g/mol. The van der Waals surface area contributed by atoms with Gasteiger partial charge in [-0.05, 0) is 37.1 Å². The summed E-state index contributed by atoms with van der Waals surface area (Å²) >= 11 is 0. The van der Waals surface area contributed by atoms with Gasteiger partial charge in [0.1, 0.15) is 23.2 Å². The maximum absolute atomic E-state index is 13.6. The first-order valence-electron chi connectivity index (χ1n) is 7.32. The highest BCUT2D eigenvalue weighted by atomic mass is 32.2. The normalized spacial score (nSPS) is 14.3. The number of ketones is 1. The molecule has 0 saturated heterocycles. The van der Waals surface area contributed by atoms with Crippen LogP contribution in [-0.4, -0.2) is 19.2 Å². The molecule has 0 atom stereocenters. The van der Waals surface area contributed by atoms with E-state index in [1.54, 1.807) is 0 Å². The van der Waals surface area contributed by atoms with Crippen molar-refractivity contribution in [2.75, 3.05) is 4.72 Å². The molecule has 1 aromatic carbocycles. The number of aryl methyl sites for hydroxylation is 1. The van der Waals surface area contributed by atoms with E-state index < -0.39 is 33.0 Å². The molecule has 2 aromatic rings. The summed E-state index contributed by atoms with van der Waals surface area (Å²) in [6, 6.07) is 6.05. The third-order valence-electron chi connectivity index (χ3n) is 3.75. The second-order valence-electron chi connectivity index (χ2n) is 5.53. The molecule has 1 heterocycles. The number of fused-ring (bicyclic) bond motifs is 1. The number of nitrogens with zero attached hydrogens (tertiary/aromatic N) is 1. The third kappa shape index (κ3) is 3.43. The molecule has 0 radical (unpaired) electrons. The van der Waals surface area contributed by atoms with Crippen LogP contribution in [0.3, 0.4) is 0 Å². The summed E-state index contributed by atoms with van der Waals surface area (Å²) in [5.41, 5.74) is 0.492. The number of benzene rings is 1. The molecule has 0 spiro atoms. The highest BCUT2D eigenvalue weighted by Gasteiger charge is 2.21. The number of sulfonamides is 1.